The Morgan fingerprint density at radius 2 is 2.21 bits per heavy atom. The van der Waals surface area contributed by atoms with Crippen LogP contribution in [-0.4, -0.2) is 17.5 Å². The van der Waals surface area contributed by atoms with Crippen molar-refractivity contribution in [2.24, 2.45) is 0 Å². The zero-order valence-electron chi connectivity index (χ0n) is 10.4. The number of rotatable bonds is 4. The summed E-state index contributed by atoms with van der Waals surface area (Å²) in [6.45, 7) is 2.51. The van der Waals surface area contributed by atoms with E-state index in [1.54, 1.807) is 18.3 Å². The van der Waals surface area contributed by atoms with Crippen LogP contribution >= 0.6 is 15.9 Å². The predicted octanol–water partition coefficient (Wildman–Crippen LogP) is 3.50. The van der Waals surface area contributed by atoms with Crippen LogP contribution in [0.1, 0.15) is 17.3 Å². The molecule has 0 saturated heterocycles. The normalized spacial score (nSPS) is 10.0. The molecule has 0 aliphatic rings. The van der Waals surface area contributed by atoms with Gasteiger partial charge in [0.2, 0.25) is 0 Å². The number of hydrogen-bond donors (Lipinski definition) is 1. The summed E-state index contributed by atoms with van der Waals surface area (Å²) in [5.74, 6) is 0.523. The van der Waals surface area contributed by atoms with Gasteiger partial charge in [-0.25, -0.2) is 0 Å². The maximum Gasteiger partial charge on any atom is 0.257 e. The van der Waals surface area contributed by atoms with E-state index in [1.165, 1.54) is 6.20 Å². The smallest absolute Gasteiger partial charge is 0.257 e. The van der Waals surface area contributed by atoms with E-state index < -0.39 is 0 Å². The highest BCUT2D eigenvalue weighted by Gasteiger charge is 2.07. The van der Waals surface area contributed by atoms with Crippen molar-refractivity contribution in [3.63, 3.8) is 0 Å². The second kappa shape index (κ2) is 6.33. The molecule has 19 heavy (non-hydrogen) atoms. The van der Waals surface area contributed by atoms with E-state index in [9.17, 15) is 4.79 Å². The van der Waals surface area contributed by atoms with E-state index in [0.29, 0.717) is 17.9 Å². The number of halogens is 1. The minimum atomic E-state index is -0.206. The van der Waals surface area contributed by atoms with Crippen molar-refractivity contribution in [2.75, 3.05) is 11.9 Å². The standard InChI is InChI=1S/C14H13BrN2O2/c1-2-19-13-5-3-4-12(7-13)17-14(18)10-6-11(15)9-16-8-10/h3-9H,2H2,1H3,(H,17,18). The predicted molar refractivity (Wildman–Crippen MR) is 77.5 cm³/mol. The SMILES string of the molecule is CCOc1cccc(NC(=O)c2cncc(Br)c2)c1. The summed E-state index contributed by atoms with van der Waals surface area (Å²) in [5.41, 5.74) is 1.19. The van der Waals surface area contributed by atoms with Crippen molar-refractivity contribution in [1.29, 1.82) is 0 Å². The molecule has 1 N–H and O–H groups in total. The molecule has 1 aromatic heterocycles. The number of amides is 1. The summed E-state index contributed by atoms with van der Waals surface area (Å²) < 4.78 is 6.15. The van der Waals surface area contributed by atoms with Gasteiger partial charge in [-0.05, 0) is 41.1 Å². The van der Waals surface area contributed by atoms with Crippen molar-refractivity contribution < 1.29 is 9.53 Å². The van der Waals surface area contributed by atoms with E-state index in [-0.39, 0.29) is 5.91 Å². The molecule has 5 heteroatoms. The fourth-order valence-electron chi connectivity index (χ4n) is 1.57. The monoisotopic (exact) mass is 320 g/mol. The lowest BCUT2D eigenvalue weighted by Crippen LogP contribution is -2.12. The van der Waals surface area contributed by atoms with Crippen LogP contribution in [0.4, 0.5) is 5.69 Å². The molecule has 0 aliphatic heterocycles. The maximum atomic E-state index is 12.0. The Morgan fingerprint density at radius 1 is 1.37 bits per heavy atom. The van der Waals surface area contributed by atoms with Crippen LogP contribution in [-0.2, 0) is 0 Å². The van der Waals surface area contributed by atoms with Crippen molar-refractivity contribution >= 4 is 27.5 Å². The third-order valence-electron chi connectivity index (χ3n) is 2.37. The molecule has 0 saturated carbocycles. The lowest BCUT2D eigenvalue weighted by molar-refractivity contribution is 0.102. The lowest BCUT2D eigenvalue weighted by atomic mass is 10.2. The van der Waals surface area contributed by atoms with Crippen LogP contribution < -0.4 is 10.1 Å². The Morgan fingerprint density at radius 3 is 2.95 bits per heavy atom. The first-order valence-electron chi connectivity index (χ1n) is 5.84. The second-order valence-electron chi connectivity index (χ2n) is 3.81. The number of aromatic nitrogens is 1. The third kappa shape index (κ3) is 3.79. The van der Waals surface area contributed by atoms with E-state index in [1.807, 2.05) is 25.1 Å². The highest BCUT2D eigenvalue weighted by Crippen LogP contribution is 2.18. The molecule has 0 atom stereocenters. The number of nitrogens with zero attached hydrogens (tertiary/aromatic N) is 1. The van der Waals surface area contributed by atoms with Crippen LogP contribution in [0, 0.1) is 0 Å². The quantitative estimate of drug-likeness (QED) is 0.938. The van der Waals surface area contributed by atoms with Gasteiger partial charge in [-0.1, -0.05) is 6.07 Å². The van der Waals surface area contributed by atoms with Gasteiger partial charge in [-0.2, -0.15) is 0 Å². The van der Waals surface area contributed by atoms with Gasteiger partial charge in [-0.3, -0.25) is 9.78 Å². The summed E-state index contributed by atoms with van der Waals surface area (Å²) >= 11 is 3.29. The first-order valence-corrected chi connectivity index (χ1v) is 6.63. The molecule has 0 radical (unpaired) electrons. The number of carbonyl (C=O) groups is 1. The van der Waals surface area contributed by atoms with Crippen molar-refractivity contribution in [2.45, 2.75) is 6.92 Å². The van der Waals surface area contributed by atoms with Crippen LogP contribution in [0.5, 0.6) is 5.75 Å². The highest BCUT2D eigenvalue weighted by atomic mass is 79.9. The average Bonchev–Trinajstić information content (AvgIpc) is 2.39. The summed E-state index contributed by atoms with van der Waals surface area (Å²) in [6.07, 6.45) is 3.15. The number of hydrogen-bond acceptors (Lipinski definition) is 3. The molecule has 2 aromatic rings. The summed E-state index contributed by atoms with van der Waals surface area (Å²) in [4.78, 5) is 16.0. The summed E-state index contributed by atoms with van der Waals surface area (Å²) in [7, 11) is 0. The van der Waals surface area contributed by atoms with Gasteiger partial charge >= 0.3 is 0 Å². The Hall–Kier alpha value is -1.88. The van der Waals surface area contributed by atoms with Crippen LogP contribution in [0.25, 0.3) is 0 Å². The van der Waals surface area contributed by atoms with Gasteiger partial charge in [-0.15, -0.1) is 0 Å². The molecule has 0 spiro atoms. The molecule has 98 valence electrons. The molecule has 4 nitrogen and oxygen atoms in total. The van der Waals surface area contributed by atoms with Crippen LogP contribution in [0.2, 0.25) is 0 Å². The van der Waals surface area contributed by atoms with Crippen molar-refractivity contribution in [3.05, 3.63) is 52.8 Å². The molecule has 1 amide bonds. The van der Waals surface area contributed by atoms with Crippen LogP contribution in [0.3, 0.4) is 0 Å². The molecule has 0 aliphatic carbocycles. The van der Waals surface area contributed by atoms with Gasteiger partial charge in [0.25, 0.3) is 5.91 Å². The van der Waals surface area contributed by atoms with Gasteiger partial charge in [0.1, 0.15) is 5.75 Å². The number of benzene rings is 1. The fourth-order valence-corrected chi connectivity index (χ4v) is 1.93. The van der Waals surface area contributed by atoms with E-state index in [0.717, 1.165) is 10.2 Å². The van der Waals surface area contributed by atoms with Crippen LogP contribution in [0.15, 0.2) is 47.2 Å². The number of anilines is 1. The molecule has 1 heterocycles. The molecule has 2 rings (SSSR count). The fraction of sp³-hybridized carbons (Fsp3) is 0.143. The number of nitrogens with one attached hydrogen (secondary N) is 1. The van der Waals surface area contributed by atoms with Gasteiger partial charge in [0.15, 0.2) is 0 Å². The van der Waals surface area contributed by atoms with Crippen molar-refractivity contribution in [1.82, 2.24) is 4.98 Å². The van der Waals surface area contributed by atoms with Gasteiger partial charge < -0.3 is 10.1 Å². The van der Waals surface area contributed by atoms with E-state index >= 15 is 0 Å². The molecule has 0 unspecified atom stereocenters. The molecular formula is C14H13BrN2O2. The lowest BCUT2D eigenvalue weighted by Gasteiger charge is -2.08. The number of carbonyl (C=O) groups excluding carboxylic acids is 1. The Balaban J connectivity index is 2.12. The summed E-state index contributed by atoms with van der Waals surface area (Å²) in [6, 6.07) is 8.99. The Bertz CT molecular complexity index is 587. The molecule has 1 aromatic carbocycles. The largest absolute Gasteiger partial charge is 0.494 e. The van der Waals surface area contributed by atoms with Crippen molar-refractivity contribution in [3.8, 4) is 5.75 Å². The molecule has 0 bridgehead atoms. The van der Waals surface area contributed by atoms with E-state index in [2.05, 4.69) is 26.2 Å². The Labute approximate surface area is 119 Å². The number of ether oxygens (including phenoxy) is 1. The van der Waals surface area contributed by atoms with Gasteiger partial charge in [0, 0.05) is 28.6 Å². The minimum Gasteiger partial charge on any atom is -0.494 e. The molecule has 0 fully saturated rings. The highest BCUT2D eigenvalue weighted by molar-refractivity contribution is 9.10. The summed E-state index contributed by atoms with van der Waals surface area (Å²) in [5, 5.41) is 2.80. The number of pyridine rings is 1. The minimum absolute atomic E-state index is 0.206. The first kappa shape index (κ1) is 13.5. The first-order chi connectivity index (χ1) is 9.19. The maximum absolute atomic E-state index is 12.0. The Kier molecular flexibility index (Phi) is 4.52. The van der Waals surface area contributed by atoms with Gasteiger partial charge in [0.05, 0.1) is 12.2 Å². The second-order valence-corrected chi connectivity index (χ2v) is 4.72. The zero-order chi connectivity index (χ0) is 13.7. The average molecular weight is 321 g/mol. The van der Waals surface area contributed by atoms with E-state index in [4.69, 9.17) is 4.74 Å². The zero-order valence-corrected chi connectivity index (χ0v) is 12.0. The third-order valence-corrected chi connectivity index (χ3v) is 2.80. The topological polar surface area (TPSA) is 51.2 Å². The molecular weight excluding hydrogens is 308 g/mol.